The average Bonchev–Trinajstić information content (AvgIpc) is 2.90. The van der Waals surface area contributed by atoms with Gasteiger partial charge in [0.2, 0.25) is 0 Å². The van der Waals surface area contributed by atoms with Crippen molar-refractivity contribution in [3.05, 3.63) is 53.1 Å². The van der Waals surface area contributed by atoms with Gasteiger partial charge in [-0.05, 0) is 80.8 Å². The van der Waals surface area contributed by atoms with E-state index in [9.17, 15) is 14.7 Å². The molecule has 1 N–H and O–H groups in total. The highest BCUT2D eigenvalue weighted by molar-refractivity contribution is 6.32. The van der Waals surface area contributed by atoms with Crippen LogP contribution in [0.3, 0.4) is 0 Å². The van der Waals surface area contributed by atoms with Crippen molar-refractivity contribution in [2.75, 3.05) is 26.4 Å². The first kappa shape index (κ1) is 31.2. The molecule has 0 aromatic heterocycles. The van der Waals surface area contributed by atoms with Gasteiger partial charge < -0.3 is 24.1 Å². The lowest BCUT2D eigenvalue weighted by molar-refractivity contribution is -0.144. The van der Waals surface area contributed by atoms with E-state index in [4.69, 9.17) is 26.8 Å². The van der Waals surface area contributed by atoms with E-state index < -0.39 is 0 Å². The van der Waals surface area contributed by atoms with Crippen LogP contribution in [0.1, 0.15) is 75.5 Å². The number of hydrogen-bond acceptors (Lipinski definition) is 7. The number of hydrogen-bond donors (Lipinski definition) is 1. The molecule has 8 heteroatoms. The molecule has 0 unspecified atom stereocenters. The molecule has 0 amide bonds. The van der Waals surface area contributed by atoms with Gasteiger partial charge >= 0.3 is 11.9 Å². The van der Waals surface area contributed by atoms with E-state index in [1.165, 1.54) is 5.56 Å². The molecular formula is C30H41BO7. The fourth-order valence-electron chi connectivity index (χ4n) is 4.18. The number of carbonyl (C=O) groups excluding carboxylic acids is 2. The number of aliphatic hydroxyl groups excluding tert-OH is 1. The first-order valence-corrected chi connectivity index (χ1v) is 13.6. The Morgan fingerprint density at radius 2 is 1.53 bits per heavy atom. The topological polar surface area (TPSA) is 91.3 Å². The number of rotatable bonds is 19. The number of aryl methyl sites for hydroxylation is 1. The van der Waals surface area contributed by atoms with Crippen molar-refractivity contribution < 1.29 is 33.6 Å². The second-order valence-electron chi connectivity index (χ2n) is 9.04. The molecular weight excluding hydrogens is 483 g/mol. The molecule has 0 atom stereocenters. The van der Waals surface area contributed by atoms with E-state index in [2.05, 4.69) is 6.07 Å². The molecule has 0 bridgehead atoms. The lowest BCUT2D eigenvalue weighted by Gasteiger charge is -2.16. The number of aliphatic hydroxyl groups is 1. The quantitative estimate of drug-likeness (QED) is 0.166. The molecule has 2 aromatic carbocycles. The Bertz CT molecular complexity index is 993. The van der Waals surface area contributed by atoms with Crippen molar-refractivity contribution in [1.82, 2.24) is 0 Å². The summed E-state index contributed by atoms with van der Waals surface area (Å²) in [6, 6.07) is 11.3. The summed E-state index contributed by atoms with van der Waals surface area (Å²) in [4.78, 5) is 23.6. The molecule has 2 aromatic rings. The smallest absolute Gasteiger partial charge is 0.306 e. The first-order chi connectivity index (χ1) is 18.5. The summed E-state index contributed by atoms with van der Waals surface area (Å²) in [5.74, 6) is 0.996. The van der Waals surface area contributed by atoms with Crippen LogP contribution < -0.4 is 14.9 Å². The van der Waals surface area contributed by atoms with E-state index >= 15 is 0 Å². The molecule has 7 nitrogen and oxygen atoms in total. The Morgan fingerprint density at radius 1 is 0.816 bits per heavy atom. The lowest BCUT2D eigenvalue weighted by atomic mass is 9.94. The molecule has 0 aliphatic heterocycles. The minimum absolute atomic E-state index is 0.0665. The fourth-order valence-corrected chi connectivity index (χ4v) is 4.18. The van der Waals surface area contributed by atoms with Gasteiger partial charge in [0.25, 0.3) is 0 Å². The monoisotopic (exact) mass is 524 g/mol. The Kier molecular flexibility index (Phi) is 15.0. The Balaban J connectivity index is 1.85. The maximum absolute atomic E-state index is 12.0. The van der Waals surface area contributed by atoms with Gasteiger partial charge in [0.15, 0.2) is 0 Å². The van der Waals surface area contributed by atoms with Crippen molar-refractivity contribution in [1.29, 1.82) is 0 Å². The minimum Gasteiger partial charge on any atom is -0.494 e. The molecule has 0 fully saturated rings. The highest BCUT2D eigenvalue weighted by Gasteiger charge is 2.13. The van der Waals surface area contributed by atoms with Crippen molar-refractivity contribution >= 4 is 25.2 Å². The molecule has 0 heterocycles. The summed E-state index contributed by atoms with van der Waals surface area (Å²) in [6.45, 7) is 5.26. The second-order valence-corrected chi connectivity index (χ2v) is 9.04. The summed E-state index contributed by atoms with van der Waals surface area (Å²) in [7, 11) is 5.85. The molecule has 38 heavy (non-hydrogen) atoms. The van der Waals surface area contributed by atoms with Crippen molar-refractivity contribution in [3.8, 4) is 11.5 Å². The highest BCUT2D eigenvalue weighted by Crippen LogP contribution is 2.26. The zero-order valence-electron chi connectivity index (χ0n) is 22.8. The van der Waals surface area contributed by atoms with Crippen LogP contribution in [0.2, 0.25) is 0 Å². The van der Waals surface area contributed by atoms with E-state index in [-0.39, 0.29) is 18.5 Å². The van der Waals surface area contributed by atoms with Crippen molar-refractivity contribution in [2.24, 2.45) is 0 Å². The van der Waals surface area contributed by atoms with Gasteiger partial charge in [-0.3, -0.25) is 9.59 Å². The van der Waals surface area contributed by atoms with Gasteiger partial charge in [-0.25, -0.2) is 0 Å². The van der Waals surface area contributed by atoms with Crippen LogP contribution in [0.25, 0.3) is 0 Å². The maximum atomic E-state index is 12.0. The minimum atomic E-state index is -0.222. The average molecular weight is 524 g/mol. The summed E-state index contributed by atoms with van der Waals surface area (Å²) >= 11 is 0. The SMILES string of the molecule is [B]c1cc(CO)cc(OCCCCCCc2cccc(OCCCC(=O)OCC)c2CCC(=O)OCC)c1. The van der Waals surface area contributed by atoms with Crippen LogP contribution in [-0.4, -0.2) is 51.3 Å². The second kappa shape index (κ2) is 18.3. The molecule has 2 radical (unpaired) electrons. The summed E-state index contributed by atoms with van der Waals surface area (Å²) in [5, 5.41) is 9.30. The lowest BCUT2D eigenvalue weighted by Crippen LogP contribution is -2.10. The number of esters is 2. The van der Waals surface area contributed by atoms with Gasteiger partial charge in [0.05, 0.1) is 33.0 Å². The molecule has 0 saturated carbocycles. The van der Waals surface area contributed by atoms with E-state index in [1.54, 1.807) is 32.0 Å². The standard InChI is InChI=1S/C30H41BO7/c1-3-35-29(33)14-10-18-38-28-13-9-12-24(27(28)15-16-30(34)36-4-2)11-7-5-6-8-17-37-26-20-23(22-32)19-25(31)21-26/h9,12-13,19-21,32H,3-8,10-11,14-18,22H2,1-2H3. The Morgan fingerprint density at radius 3 is 2.26 bits per heavy atom. The predicted molar refractivity (Wildman–Crippen MR) is 148 cm³/mol. The first-order valence-electron chi connectivity index (χ1n) is 13.6. The Labute approximate surface area is 228 Å². The maximum Gasteiger partial charge on any atom is 0.306 e. The van der Waals surface area contributed by atoms with E-state index in [1.807, 2.05) is 12.1 Å². The fraction of sp³-hybridized carbons (Fsp3) is 0.533. The molecule has 0 saturated heterocycles. The van der Waals surface area contributed by atoms with Gasteiger partial charge in [0, 0.05) is 12.8 Å². The molecule has 206 valence electrons. The summed E-state index contributed by atoms with van der Waals surface area (Å²) in [5.41, 5.74) is 3.52. The zero-order valence-corrected chi connectivity index (χ0v) is 22.8. The van der Waals surface area contributed by atoms with E-state index in [0.29, 0.717) is 63.3 Å². The molecule has 0 aliphatic carbocycles. The van der Waals surface area contributed by atoms with Crippen LogP contribution in [0.4, 0.5) is 0 Å². The molecule has 2 rings (SSSR count). The normalized spacial score (nSPS) is 10.7. The third-order valence-electron chi connectivity index (χ3n) is 5.98. The Hall–Kier alpha value is -3.00. The predicted octanol–water partition coefficient (Wildman–Crippen LogP) is 4.37. The number of benzene rings is 2. The van der Waals surface area contributed by atoms with Crippen LogP contribution in [0.15, 0.2) is 36.4 Å². The summed E-state index contributed by atoms with van der Waals surface area (Å²) < 4.78 is 21.9. The third-order valence-corrected chi connectivity index (χ3v) is 5.98. The largest absolute Gasteiger partial charge is 0.494 e. The van der Waals surface area contributed by atoms with Gasteiger partial charge in [-0.1, -0.05) is 36.5 Å². The van der Waals surface area contributed by atoms with Crippen molar-refractivity contribution in [2.45, 2.75) is 78.2 Å². The van der Waals surface area contributed by atoms with E-state index in [0.717, 1.165) is 49.0 Å². The van der Waals surface area contributed by atoms with Crippen LogP contribution >= 0.6 is 0 Å². The van der Waals surface area contributed by atoms with Crippen molar-refractivity contribution in [3.63, 3.8) is 0 Å². The van der Waals surface area contributed by atoms with Gasteiger partial charge in [-0.2, -0.15) is 0 Å². The third kappa shape index (κ3) is 12.0. The number of unbranched alkanes of at least 4 members (excludes halogenated alkanes) is 3. The van der Waals surface area contributed by atoms with Crippen LogP contribution in [0, 0.1) is 0 Å². The highest BCUT2D eigenvalue weighted by atomic mass is 16.5. The van der Waals surface area contributed by atoms with Crippen LogP contribution in [0.5, 0.6) is 11.5 Å². The molecule has 0 spiro atoms. The summed E-state index contributed by atoms with van der Waals surface area (Å²) in [6.07, 6.45) is 6.61. The van der Waals surface area contributed by atoms with Gasteiger partial charge in [0.1, 0.15) is 19.3 Å². The zero-order chi connectivity index (χ0) is 27.6. The van der Waals surface area contributed by atoms with Crippen LogP contribution in [-0.2, 0) is 38.5 Å². The number of ether oxygens (including phenoxy) is 4. The molecule has 0 aliphatic rings. The van der Waals surface area contributed by atoms with Gasteiger partial charge in [-0.15, -0.1) is 0 Å². The number of carbonyl (C=O) groups is 2.